The third-order valence-electron chi connectivity index (χ3n) is 2.56. The van der Waals surface area contributed by atoms with Crippen molar-refractivity contribution >= 4 is 5.97 Å². The Morgan fingerprint density at radius 2 is 2.40 bits per heavy atom. The molecule has 88 valence electrons. The van der Waals surface area contributed by atoms with Crippen molar-refractivity contribution in [3.8, 4) is 0 Å². The Morgan fingerprint density at radius 3 is 2.93 bits per heavy atom. The summed E-state index contributed by atoms with van der Waals surface area (Å²) in [4.78, 5) is 15.9. The van der Waals surface area contributed by atoms with Crippen LogP contribution in [0.1, 0.15) is 32.6 Å². The number of nitrogens with one attached hydrogen (secondary N) is 2. The molecule has 0 spiro atoms. The van der Waals surface area contributed by atoms with Crippen LogP contribution in [0.25, 0.3) is 0 Å². The first-order valence-corrected chi connectivity index (χ1v) is 5.57. The number of aliphatic carboxylic acids is 1. The molecule has 15 heavy (non-hydrogen) atoms. The van der Waals surface area contributed by atoms with Crippen LogP contribution in [0.3, 0.4) is 0 Å². The molecule has 1 aliphatic rings. The maximum atomic E-state index is 10.6. The fraction of sp³-hybridized carbons (Fsp3) is 0.900. The second kappa shape index (κ2) is 6.76. The van der Waals surface area contributed by atoms with Crippen LogP contribution in [0.2, 0.25) is 0 Å². The topological polar surface area (TPSA) is 70.6 Å². The fourth-order valence-corrected chi connectivity index (χ4v) is 1.56. The Morgan fingerprint density at radius 1 is 1.60 bits per heavy atom. The Kier molecular flexibility index (Phi) is 5.60. The van der Waals surface area contributed by atoms with Gasteiger partial charge in [-0.1, -0.05) is 13.3 Å². The van der Waals surface area contributed by atoms with Crippen molar-refractivity contribution in [2.45, 2.75) is 44.7 Å². The van der Waals surface area contributed by atoms with Crippen molar-refractivity contribution in [1.29, 1.82) is 0 Å². The number of rotatable bonds is 6. The molecule has 0 bridgehead atoms. The smallest absolute Gasteiger partial charge is 0.320 e. The van der Waals surface area contributed by atoms with Crippen LogP contribution < -0.4 is 10.8 Å². The van der Waals surface area contributed by atoms with Crippen LogP contribution in [0.15, 0.2) is 0 Å². The maximum Gasteiger partial charge on any atom is 0.320 e. The molecule has 2 atom stereocenters. The molecular weight excluding hydrogens is 196 g/mol. The van der Waals surface area contributed by atoms with E-state index in [1.807, 2.05) is 0 Å². The summed E-state index contributed by atoms with van der Waals surface area (Å²) in [6, 6.07) is -0.156. The molecule has 1 saturated heterocycles. The monoisotopic (exact) mass is 216 g/mol. The van der Waals surface area contributed by atoms with Crippen molar-refractivity contribution in [3.63, 3.8) is 0 Å². The summed E-state index contributed by atoms with van der Waals surface area (Å²) in [5.41, 5.74) is 2.96. The number of carbonyl (C=O) groups is 1. The number of carboxylic acids is 1. The Bertz CT molecular complexity index is 191. The van der Waals surface area contributed by atoms with Crippen LogP contribution in [0, 0.1) is 0 Å². The van der Waals surface area contributed by atoms with Gasteiger partial charge in [0.2, 0.25) is 0 Å². The zero-order chi connectivity index (χ0) is 11.1. The summed E-state index contributed by atoms with van der Waals surface area (Å²) in [6.07, 6.45) is 3.66. The first kappa shape index (κ1) is 12.4. The number of carboxylic acid groups (broad SMARTS) is 1. The van der Waals surface area contributed by atoms with E-state index in [0.717, 1.165) is 25.9 Å². The van der Waals surface area contributed by atoms with Gasteiger partial charge in [0.15, 0.2) is 0 Å². The number of unbranched alkanes of at least 4 members (excludes halogenated alkanes) is 1. The van der Waals surface area contributed by atoms with Crippen LogP contribution in [0.5, 0.6) is 0 Å². The lowest BCUT2D eigenvalue weighted by atomic mass is 10.0. The van der Waals surface area contributed by atoms with Crippen LogP contribution in [-0.2, 0) is 9.63 Å². The average Bonchev–Trinajstić information content (AvgIpc) is 2.25. The molecule has 1 fully saturated rings. The van der Waals surface area contributed by atoms with Crippen LogP contribution >= 0.6 is 0 Å². The molecule has 5 heteroatoms. The normalized spacial score (nSPS) is 26.5. The Balaban J connectivity index is 2.07. The summed E-state index contributed by atoms with van der Waals surface area (Å²) in [7, 11) is 0. The van der Waals surface area contributed by atoms with Gasteiger partial charge in [0, 0.05) is 12.6 Å². The van der Waals surface area contributed by atoms with Gasteiger partial charge >= 0.3 is 5.97 Å². The highest BCUT2D eigenvalue weighted by atomic mass is 16.6. The number of hydroxylamine groups is 1. The lowest BCUT2D eigenvalue weighted by Crippen LogP contribution is -2.50. The molecule has 0 unspecified atom stereocenters. The lowest BCUT2D eigenvalue weighted by Gasteiger charge is -2.27. The highest BCUT2D eigenvalue weighted by Crippen LogP contribution is 2.08. The van der Waals surface area contributed by atoms with Crippen molar-refractivity contribution < 1.29 is 14.7 Å². The van der Waals surface area contributed by atoms with Crippen LogP contribution in [0.4, 0.5) is 0 Å². The Labute approximate surface area is 90.1 Å². The fourth-order valence-electron chi connectivity index (χ4n) is 1.56. The largest absolute Gasteiger partial charge is 0.480 e. The molecular formula is C10H20N2O3. The molecule has 0 amide bonds. The third kappa shape index (κ3) is 4.59. The number of hydrogen-bond acceptors (Lipinski definition) is 4. The van der Waals surface area contributed by atoms with Crippen LogP contribution in [-0.4, -0.2) is 36.3 Å². The van der Waals surface area contributed by atoms with E-state index in [9.17, 15) is 4.79 Å². The first-order valence-electron chi connectivity index (χ1n) is 5.57. The van der Waals surface area contributed by atoms with Crippen molar-refractivity contribution in [3.05, 3.63) is 0 Å². The van der Waals surface area contributed by atoms with Crippen molar-refractivity contribution in [1.82, 2.24) is 10.8 Å². The first-order chi connectivity index (χ1) is 7.24. The molecule has 0 aromatic heterocycles. The van der Waals surface area contributed by atoms with E-state index in [4.69, 9.17) is 9.94 Å². The zero-order valence-electron chi connectivity index (χ0n) is 9.16. The molecule has 5 nitrogen and oxygen atoms in total. The van der Waals surface area contributed by atoms with Gasteiger partial charge in [-0.3, -0.25) is 4.79 Å². The minimum atomic E-state index is -0.764. The highest BCUT2D eigenvalue weighted by Gasteiger charge is 2.24. The molecule has 0 radical (unpaired) electrons. The van der Waals surface area contributed by atoms with E-state index in [1.54, 1.807) is 0 Å². The third-order valence-corrected chi connectivity index (χ3v) is 2.56. The van der Waals surface area contributed by atoms with Gasteiger partial charge in [-0.05, 0) is 19.3 Å². The molecule has 0 saturated carbocycles. The summed E-state index contributed by atoms with van der Waals surface area (Å²) in [5, 5.41) is 11.7. The van der Waals surface area contributed by atoms with Crippen molar-refractivity contribution in [2.24, 2.45) is 0 Å². The van der Waals surface area contributed by atoms with Gasteiger partial charge in [0.05, 0.1) is 6.61 Å². The molecule has 1 aliphatic heterocycles. The minimum Gasteiger partial charge on any atom is -0.480 e. The van der Waals surface area contributed by atoms with E-state index < -0.39 is 12.0 Å². The van der Waals surface area contributed by atoms with E-state index in [0.29, 0.717) is 13.0 Å². The Hall–Kier alpha value is -0.650. The van der Waals surface area contributed by atoms with Gasteiger partial charge in [-0.2, -0.15) is 5.48 Å². The summed E-state index contributed by atoms with van der Waals surface area (Å²) in [5.74, 6) is -0.764. The SMILES string of the molecule is CCCCON[C@@H]1CC[C@@H](C(=O)O)NC1. The predicted molar refractivity (Wildman–Crippen MR) is 56.4 cm³/mol. The maximum absolute atomic E-state index is 10.6. The summed E-state index contributed by atoms with van der Waals surface area (Å²) < 4.78 is 0. The predicted octanol–water partition coefficient (Wildman–Crippen LogP) is 0.513. The molecule has 0 aromatic carbocycles. The standard InChI is InChI=1S/C10H20N2O3/c1-2-3-6-15-12-8-4-5-9(10(13)14)11-7-8/h8-9,11-12H,2-7H2,1H3,(H,13,14)/t8-,9+/m1/s1. The zero-order valence-corrected chi connectivity index (χ0v) is 9.16. The molecule has 0 aliphatic carbocycles. The highest BCUT2D eigenvalue weighted by molar-refractivity contribution is 5.73. The van der Waals surface area contributed by atoms with Gasteiger partial charge in [0.25, 0.3) is 0 Å². The second-order valence-corrected chi connectivity index (χ2v) is 3.89. The van der Waals surface area contributed by atoms with Gasteiger partial charge < -0.3 is 15.3 Å². The van der Waals surface area contributed by atoms with E-state index in [-0.39, 0.29) is 6.04 Å². The minimum absolute atomic E-state index is 0.234. The van der Waals surface area contributed by atoms with E-state index in [2.05, 4.69) is 17.7 Å². The molecule has 3 N–H and O–H groups in total. The average molecular weight is 216 g/mol. The van der Waals surface area contributed by atoms with Crippen molar-refractivity contribution in [2.75, 3.05) is 13.2 Å². The quantitative estimate of drug-likeness (QED) is 0.446. The molecule has 1 rings (SSSR count). The van der Waals surface area contributed by atoms with Gasteiger partial charge in [-0.25, -0.2) is 0 Å². The van der Waals surface area contributed by atoms with Gasteiger partial charge in [-0.15, -0.1) is 0 Å². The lowest BCUT2D eigenvalue weighted by molar-refractivity contribution is -0.140. The number of hydrogen-bond donors (Lipinski definition) is 3. The number of piperidine rings is 1. The second-order valence-electron chi connectivity index (χ2n) is 3.89. The molecule has 1 heterocycles. The summed E-state index contributed by atoms with van der Waals surface area (Å²) in [6.45, 7) is 3.49. The van der Waals surface area contributed by atoms with Gasteiger partial charge in [0.1, 0.15) is 6.04 Å². The van der Waals surface area contributed by atoms with E-state index >= 15 is 0 Å². The van der Waals surface area contributed by atoms with E-state index in [1.165, 1.54) is 0 Å². The molecule has 0 aromatic rings. The summed E-state index contributed by atoms with van der Waals surface area (Å²) >= 11 is 0.